The molecule has 0 fully saturated rings. The molecule has 0 aliphatic heterocycles. The van der Waals surface area contributed by atoms with E-state index in [1.54, 1.807) is 49.4 Å². The summed E-state index contributed by atoms with van der Waals surface area (Å²) in [4.78, 5) is 11.8. The molecule has 26 heavy (non-hydrogen) atoms. The lowest BCUT2D eigenvalue weighted by atomic mass is 10.1. The summed E-state index contributed by atoms with van der Waals surface area (Å²) in [5, 5.41) is 1.85. The van der Waals surface area contributed by atoms with Crippen LogP contribution in [0.4, 0.5) is 5.69 Å². The highest BCUT2D eigenvalue weighted by Gasteiger charge is 2.24. The number of carbonyl (C=O) groups is 1. The first-order valence-corrected chi connectivity index (χ1v) is 9.61. The fourth-order valence-electron chi connectivity index (χ4n) is 2.83. The maximum atomic E-state index is 13.1. The standard InChI is InChI=1S/C20H19NO4S/c1-3-21(18-11-8-16(9-12-18)20(22)25-2)26(23,24)19-13-10-15-6-4-5-7-17(15)14-19/h4-14H,3H2,1-2H3. The molecule has 0 radical (unpaired) electrons. The highest BCUT2D eigenvalue weighted by Crippen LogP contribution is 2.26. The van der Waals surface area contributed by atoms with Crippen LogP contribution in [0, 0.1) is 0 Å². The van der Waals surface area contributed by atoms with Crippen LogP contribution in [0.25, 0.3) is 10.8 Å². The van der Waals surface area contributed by atoms with E-state index in [1.165, 1.54) is 11.4 Å². The van der Waals surface area contributed by atoms with Crippen LogP contribution in [0.2, 0.25) is 0 Å². The molecule has 5 nitrogen and oxygen atoms in total. The van der Waals surface area contributed by atoms with Crippen molar-refractivity contribution in [3.8, 4) is 0 Å². The van der Waals surface area contributed by atoms with Crippen molar-refractivity contribution in [3.05, 3.63) is 72.3 Å². The van der Waals surface area contributed by atoms with E-state index in [2.05, 4.69) is 4.74 Å². The Morgan fingerprint density at radius 1 is 0.962 bits per heavy atom. The maximum absolute atomic E-state index is 13.1. The van der Waals surface area contributed by atoms with Crippen LogP contribution in [-0.4, -0.2) is 28.0 Å². The molecule has 0 aliphatic rings. The largest absolute Gasteiger partial charge is 0.465 e. The molecule has 0 saturated heterocycles. The first-order valence-electron chi connectivity index (χ1n) is 8.17. The Morgan fingerprint density at radius 3 is 2.23 bits per heavy atom. The number of methoxy groups -OCH3 is 1. The van der Waals surface area contributed by atoms with Gasteiger partial charge in [-0.05, 0) is 54.1 Å². The summed E-state index contributed by atoms with van der Waals surface area (Å²) in [7, 11) is -2.41. The van der Waals surface area contributed by atoms with Gasteiger partial charge in [-0.1, -0.05) is 30.3 Å². The summed E-state index contributed by atoms with van der Waals surface area (Å²) in [6.07, 6.45) is 0. The number of anilines is 1. The van der Waals surface area contributed by atoms with E-state index in [0.717, 1.165) is 10.8 Å². The maximum Gasteiger partial charge on any atom is 0.337 e. The third-order valence-corrected chi connectivity index (χ3v) is 6.07. The van der Waals surface area contributed by atoms with Crippen molar-refractivity contribution in [2.45, 2.75) is 11.8 Å². The Labute approximate surface area is 152 Å². The number of ether oxygens (including phenoxy) is 1. The summed E-state index contributed by atoms with van der Waals surface area (Å²) in [6.45, 7) is 2.04. The van der Waals surface area contributed by atoms with Gasteiger partial charge in [0.15, 0.2) is 0 Å². The third kappa shape index (κ3) is 3.28. The minimum atomic E-state index is -3.72. The van der Waals surface area contributed by atoms with Crippen LogP contribution < -0.4 is 4.31 Å². The first kappa shape index (κ1) is 17.9. The first-order chi connectivity index (χ1) is 12.5. The normalized spacial score (nSPS) is 11.3. The predicted octanol–water partition coefficient (Wildman–Crippen LogP) is 3.84. The number of sulfonamides is 1. The molecular weight excluding hydrogens is 350 g/mol. The van der Waals surface area contributed by atoms with Gasteiger partial charge in [-0.3, -0.25) is 4.31 Å². The van der Waals surface area contributed by atoms with E-state index < -0.39 is 16.0 Å². The topological polar surface area (TPSA) is 63.7 Å². The molecule has 3 rings (SSSR count). The average molecular weight is 369 g/mol. The number of rotatable bonds is 5. The molecule has 3 aromatic rings. The molecule has 0 saturated carbocycles. The van der Waals surface area contributed by atoms with Crippen molar-refractivity contribution in [1.82, 2.24) is 0 Å². The zero-order valence-electron chi connectivity index (χ0n) is 14.5. The highest BCUT2D eigenvalue weighted by atomic mass is 32.2. The summed E-state index contributed by atoms with van der Waals surface area (Å²) in [5.41, 5.74) is 0.865. The van der Waals surface area contributed by atoms with Gasteiger partial charge < -0.3 is 4.74 Å². The van der Waals surface area contributed by atoms with Crippen LogP contribution in [-0.2, 0) is 14.8 Å². The predicted molar refractivity (Wildman–Crippen MR) is 102 cm³/mol. The molecule has 0 aromatic heterocycles. The summed E-state index contributed by atoms with van der Waals surface area (Å²) < 4.78 is 32.2. The van der Waals surface area contributed by atoms with Crippen molar-refractivity contribution in [3.63, 3.8) is 0 Å². The zero-order chi connectivity index (χ0) is 18.7. The molecule has 0 atom stereocenters. The van der Waals surface area contributed by atoms with Gasteiger partial charge in [-0.15, -0.1) is 0 Å². The Bertz CT molecular complexity index is 1040. The van der Waals surface area contributed by atoms with Crippen molar-refractivity contribution >= 4 is 32.5 Å². The van der Waals surface area contributed by atoms with E-state index in [4.69, 9.17) is 0 Å². The molecule has 0 bridgehead atoms. The molecule has 0 aliphatic carbocycles. The van der Waals surface area contributed by atoms with Gasteiger partial charge in [0.2, 0.25) is 0 Å². The number of carbonyl (C=O) groups excluding carboxylic acids is 1. The Hall–Kier alpha value is -2.86. The number of hydrogen-bond donors (Lipinski definition) is 0. The van der Waals surface area contributed by atoms with E-state index in [1.807, 2.05) is 24.3 Å². The molecule has 6 heteroatoms. The molecule has 0 spiro atoms. The van der Waals surface area contributed by atoms with Gasteiger partial charge in [-0.25, -0.2) is 13.2 Å². The van der Waals surface area contributed by atoms with Crippen LogP contribution in [0.15, 0.2) is 71.6 Å². The number of nitrogens with zero attached hydrogens (tertiary/aromatic N) is 1. The fraction of sp³-hybridized carbons (Fsp3) is 0.150. The second-order valence-corrected chi connectivity index (χ2v) is 7.58. The minimum Gasteiger partial charge on any atom is -0.465 e. The van der Waals surface area contributed by atoms with Crippen LogP contribution >= 0.6 is 0 Å². The van der Waals surface area contributed by atoms with Gasteiger partial charge in [0.1, 0.15) is 0 Å². The Balaban J connectivity index is 2.00. The minimum absolute atomic E-state index is 0.232. The number of hydrogen-bond acceptors (Lipinski definition) is 4. The van der Waals surface area contributed by atoms with Crippen LogP contribution in [0.1, 0.15) is 17.3 Å². The molecule has 134 valence electrons. The Morgan fingerprint density at radius 2 is 1.62 bits per heavy atom. The van der Waals surface area contributed by atoms with Crippen molar-refractivity contribution in [2.75, 3.05) is 18.0 Å². The van der Waals surface area contributed by atoms with E-state index in [9.17, 15) is 13.2 Å². The monoisotopic (exact) mass is 369 g/mol. The number of fused-ring (bicyclic) bond motifs is 1. The van der Waals surface area contributed by atoms with Gasteiger partial charge in [0, 0.05) is 6.54 Å². The summed E-state index contributed by atoms with van der Waals surface area (Å²) in [5.74, 6) is -0.461. The Kier molecular flexibility index (Phi) is 4.95. The second kappa shape index (κ2) is 7.17. The van der Waals surface area contributed by atoms with E-state index in [0.29, 0.717) is 11.3 Å². The summed E-state index contributed by atoms with van der Waals surface area (Å²) in [6, 6.07) is 19.0. The fourth-order valence-corrected chi connectivity index (χ4v) is 4.34. The quantitative estimate of drug-likeness (QED) is 0.641. The molecule has 0 N–H and O–H groups in total. The smallest absolute Gasteiger partial charge is 0.337 e. The molecule has 3 aromatic carbocycles. The molecule has 0 amide bonds. The third-order valence-electron chi connectivity index (χ3n) is 4.17. The number of esters is 1. The lowest BCUT2D eigenvalue weighted by Crippen LogP contribution is -2.30. The lowest BCUT2D eigenvalue weighted by molar-refractivity contribution is 0.0601. The van der Waals surface area contributed by atoms with Crippen molar-refractivity contribution < 1.29 is 17.9 Å². The van der Waals surface area contributed by atoms with E-state index >= 15 is 0 Å². The van der Waals surface area contributed by atoms with Crippen LogP contribution in [0.5, 0.6) is 0 Å². The highest BCUT2D eigenvalue weighted by molar-refractivity contribution is 7.92. The van der Waals surface area contributed by atoms with Gasteiger partial charge in [0.25, 0.3) is 10.0 Å². The zero-order valence-corrected chi connectivity index (χ0v) is 15.4. The van der Waals surface area contributed by atoms with Gasteiger partial charge in [-0.2, -0.15) is 0 Å². The second-order valence-electron chi connectivity index (χ2n) is 5.72. The van der Waals surface area contributed by atoms with Gasteiger partial charge >= 0.3 is 5.97 Å². The molecule has 0 heterocycles. The number of benzene rings is 3. The average Bonchev–Trinajstić information content (AvgIpc) is 2.68. The molecular formula is C20H19NO4S. The van der Waals surface area contributed by atoms with Gasteiger partial charge in [0.05, 0.1) is 23.3 Å². The van der Waals surface area contributed by atoms with E-state index in [-0.39, 0.29) is 11.4 Å². The molecule has 0 unspecified atom stereocenters. The van der Waals surface area contributed by atoms with Crippen LogP contribution in [0.3, 0.4) is 0 Å². The van der Waals surface area contributed by atoms with Crippen molar-refractivity contribution in [2.24, 2.45) is 0 Å². The lowest BCUT2D eigenvalue weighted by Gasteiger charge is -2.23. The van der Waals surface area contributed by atoms with Crippen molar-refractivity contribution in [1.29, 1.82) is 0 Å². The SMILES string of the molecule is CCN(c1ccc(C(=O)OC)cc1)S(=O)(=O)c1ccc2ccccc2c1. The summed E-state index contributed by atoms with van der Waals surface area (Å²) >= 11 is 0.